The van der Waals surface area contributed by atoms with Crippen LogP contribution in [0.15, 0.2) is 60.9 Å². The van der Waals surface area contributed by atoms with E-state index >= 15 is 0 Å². The maximum atomic E-state index is 13.3. The van der Waals surface area contributed by atoms with Crippen molar-refractivity contribution in [2.75, 3.05) is 48.8 Å². The summed E-state index contributed by atoms with van der Waals surface area (Å²) in [4.78, 5) is 32.5. The molecule has 4 aromatic rings. The Morgan fingerprint density at radius 1 is 1.05 bits per heavy atom. The van der Waals surface area contributed by atoms with Gasteiger partial charge in [-0.1, -0.05) is 19.9 Å². The standard InChI is InChI=1S/C28H31N7O3/c1-18(2)22-8-7-21(15-25(22)33-26(36)17-35-10-12-38-13-11-35)32-28(37)23-4-3-9-29-27(23)31-20-6-5-19-16-30-34-24(19)14-20/h3-9,14-16,18H,10-13,17H2,1-2H3,(H,29,31)(H,30,34)(H,32,37)(H,33,36). The van der Waals surface area contributed by atoms with Crippen LogP contribution in [0.25, 0.3) is 10.9 Å². The molecule has 2 aromatic carbocycles. The van der Waals surface area contributed by atoms with Crippen LogP contribution in [0, 0.1) is 0 Å². The Hall–Kier alpha value is -4.28. The van der Waals surface area contributed by atoms with Gasteiger partial charge in [-0.25, -0.2) is 4.98 Å². The number of ether oxygens (including phenoxy) is 1. The van der Waals surface area contributed by atoms with Crippen molar-refractivity contribution in [3.05, 3.63) is 72.1 Å². The average Bonchev–Trinajstić information content (AvgIpc) is 3.37. The topological polar surface area (TPSA) is 124 Å². The number of rotatable bonds is 8. The third kappa shape index (κ3) is 5.99. The van der Waals surface area contributed by atoms with E-state index in [9.17, 15) is 9.59 Å². The molecule has 0 bridgehead atoms. The fraction of sp³-hybridized carbons (Fsp3) is 0.286. The molecule has 4 N–H and O–H groups in total. The van der Waals surface area contributed by atoms with Gasteiger partial charge in [0.2, 0.25) is 5.91 Å². The van der Waals surface area contributed by atoms with Crippen LogP contribution >= 0.6 is 0 Å². The number of hydrogen-bond acceptors (Lipinski definition) is 7. The predicted molar refractivity (Wildman–Crippen MR) is 148 cm³/mol. The molecule has 38 heavy (non-hydrogen) atoms. The summed E-state index contributed by atoms with van der Waals surface area (Å²) in [5.74, 6) is 0.220. The lowest BCUT2D eigenvalue weighted by molar-refractivity contribution is -0.118. The largest absolute Gasteiger partial charge is 0.379 e. The van der Waals surface area contributed by atoms with Gasteiger partial charge in [0.25, 0.3) is 5.91 Å². The summed E-state index contributed by atoms with van der Waals surface area (Å²) in [6.07, 6.45) is 3.38. The van der Waals surface area contributed by atoms with Crippen molar-refractivity contribution in [2.24, 2.45) is 0 Å². The van der Waals surface area contributed by atoms with Gasteiger partial charge in [-0.2, -0.15) is 5.10 Å². The molecule has 2 amide bonds. The zero-order valence-corrected chi connectivity index (χ0v) is 21.5. The smallest absolute Gasteiger partial charge is 0.259 e. The van der Waals surface area contributed by atoms with E-state index in [1.54, 1.807) is 30.6 Å². The van der Waals surface area contributed by atoms with Gasteiger partial charge in [0.1, 0.15) is 5.82 Å². The van der Waals surface area contributed by atoms with Crippen LogP contribution in [0.5, 0.6) is 0 Å². The average molecular weight is 514 g/mol. The van der Waals surface area contributed by atoms with Gasteiger partial charge in [-0.3, -0.25) is 19.6 Å². The lowest BCUT2D eigenvalue weighted by atomic mass is 10.0. The van der Waals surface area contributed by atoms with Gasteiger partial charge >= 0.3 is 0 Å². The summed E-state index contributed by atoms with van der Waals surface area (Å²) in [5, 5.41) is 17.2. The molecule has 10 nitrogen and oxygen atoms in total. The van der Waals surface area contributed by atoms with E-state index in [0.717, 1.165) is 35.2 Å². The first-order valence-corrected chi connectivity index (χ1v) is 12.7. The maximum Gasteiger partial charge on any atom is 0.259 e. The molecule has 0 aliphatic carbocycles. The van der Waals surface area contributed by atoms with Crippen molar-refractivity contribution in [3.63, 3.8) is 0 Å². The Kier molecular flexibility index (Phi) is 7.62. The van der Waals surface area contributed by atoms with Crippen molar-refractivity contribution in [3.8, 4) is 0 Å². The van der Waals surface area contributed by atoms with Crippen molar-refractivity contribution in [2.45, 2.75) is 19.8 Å². The summed E-state index contributed by atoms with van der Waals surface area (Å²) in [5.41, 5.74) is 4.31. The van der Waals surface area contributed by atoms with Crippen molar-refractivity contribution in [1.29, 1.82) is 0 Å². The number of aromatic amines is 1. The van der Waals surface area contributed by atoms with Gasteiger partial charge in [-0.15, -0.1) is 0 Å². The number of nitrogens with one attached hydrogen (secondary N) is 4. The highest BCUT2D eigenvalue weighted by Gasteiger charge is 2.18. The minimum atomic E-state index is -0.314. The maximum absolute atomic E-state index is 13.3. The Labute approximate surface area is 220 Å². The normalized spacial score (nSPS) is 14.0. The monoisotopic (exact) mass is 513 g/mol. The molecule has 196 valence electrons. The van der Waals surface area contributed by atoms with Crippen LogP contribution in [-0.4, -0.2) is 64.7 Å². The quantitative estimate of drug-likeness (QED) is 0.276. The lowest BCUT2D eigenvalue weighted by Crippen LogP contribution is -2.41. The van der Waals surface area contributed by atoms with Gasteiger partial charge in [0.05, 0.1) is 37.0 Å². The van der Waals surface area contributed by atoms with Crippen molar-refractivity contribution in [1.82, 2.24) is 20.1 Å². The van der Waals surface area contributed by atoms with Crippen LogP contribution in [0.1, 0.15) is 35.7 Å². The molecule has 0 radical (unpaired) electrons. The van der Waals surface area contributed by atoms with E-state index in [2.05, 4.69) is 49.9 Å². The second kappa shape index (κ2) is 11.4. The number of benzene rings is 2. The summed E-state index contributed by atoms with van der Waals surface area (Å²) < 4.78 is 5.37. The first-order chi connectivity index (χ1) is 18.5. The Morgan fingerprint density at radius 2 is 1.87 bits per heavy atom. The molecule has 1 saturated heterocycles. The van der Waals surface area contributed by atoms with Crippen LogP contribution in [-0.2, 0) is 9.53 Å². The molecule has 5 rings (SSSR count). The SMILES string of the molecule is CC(C)c1ccc(NC(=O)c2cccnc2Nc2ccc3cn[nH]c3c2)cc1NC(=O)CN1CCOCC1. The first kappa shape index (κ1) is 25.4. The van der Waals surface area contributed by atoms with E-state index in [-0.39, 0.29) is 17.7 Å². The summed E-state index contributed by atoms with van der Waals surface area (Å²) in [6, 6.07) is 14.8. The Balaban J connectivity index is 1.32. The number of carbonyl (C=O) groups is 2. The molecule has 2 aromatic heterocycles. The molecular formula is C28H31N7O3. The molecule has 1 fully saturated rings. The fourth-order valence-electron chi connectivity index (χ4n) is 4.44. The molecule has 10 heteroatoms. The number of nitrogens with zero attached hydrogens (tertiary/aromatic N) is 3. The number of fused-ring (bicyclic) bond motifs is 1. The summed E-state index contributed by atoms with van der Waals surface area (Å²) >= 11 is 0. The van der Waals surface area contributed by atoms with Crippen LogP contribution < -0.4 is 16.0 Å². The minimum Gasteiger partial charge on any atom is -0.379 e. The molecule has 1 aliphatic heterocycles. The van der Waals surface area contributed by atoms with Crippen LogP contribution in [0.3, 0.4) is 0 Å². The van der Waals surface area contributed by atoms with E-state index < -0.39 is 0 Å². The first-order valence-electron chi connectivity index (χ1n) is 12.7. The van der Waals surface area contributed by atoms with Gasteiger partial charge < -0.3 is 20.7 Å². The number of amides is 2. The minimum absolute atomic E-state index is 0.0924. The number of aromatic nitrogens is 3. The highest BCUT2D eigenvalue weighted by molar-refractivity contribution is 6.08. The fourth-order valence-corrected chi connectivity index (χ4v) is 4.44. The van der Waals surface area contributed by atoms with Crippen LogP contribution in [0.2, 0.25) is 0 Å². The highest BCUT2D eigenvalue weighted by Crippen LogP contribution is 2.29. The van der Waals surface area contributed by atoms with E-state index in [0.29, 0.717) is 42.5 Å². The zero-order valence-electron chi connectivity index (χ0n) is 21.5. The van der Waals surface area contributed by atoms with E-state index in [1.807, 2.05) is 30.3 Å². The highest BCUT2D eigenvalue weighted by atomic mass is 16.5. The molecule has 0 spiro atoms. The molecule has 0 saturated carbocycles. The number of morpholine rings is 1. The Bertz CT molecular complexity index is 1440. The van der Waals surface area contributed by atoms with Crippen LogP contribution in [0.4, 0.5) is 22.9 Å². The molecular weight excluding hydrogens is 482 g/mol. The second-order valence-corrected chi connectivity index (χ2v) is 9.54. The lowest BCUT2D eigenvalue weighted by Gasteiger charge is -2.26. The zero-order chi connectivity index (χ0) is 26.5. The molecule has 3 heterocycles. The molecule has 0 unspecified atom stereocenters. The Morgan fingerprint density at radius 3 is 2.68 bits per heavy atom. The van der Waals surface area contributed by atoms with Crippen molar-refractivity contribution >= 4 is 45.6 Å². The number of anilines is 4. The third-order valence-electron chi connectivity index (χ3n) is 6.44. The number of H-pyrrole nitrogens is 1. The third-order valence-corrected chi connectivity index (χ3v) is 6.44. The second-order valence-electron chi connectivity index (χ2n) is 9.54. The van der Waals surface area contributed by atoms with Crippen molar-refractivity contribution < 1.29 is 14.3 Å². The van der Waals surface area contributed by atoms with E-state index in [1.165, 1.54) is 0 Å². The molecule has 1 aliphatic rings. The summed E-state index contributed by atoms with van der Waals surface area (Å²) in [7, 11) is 0. The number of pyridine rings is 1. The number of hydrogen-bond donors (Lipinski definition) is 4. The predicted octanol–water partition coefficient (Wildman–Crippen LogP) is 4.35. The molecule has 0 atom stereocenters. The van der Waals surface area contributed by atoms with Gasteiger partial charge in [-0.05, 0) is 53.9 Å². The van der Waals surface area contributed by atoms with E-state index in [4.69, 9.17) is 4.74 Å². The van der Waals surface area contributed by atoms with Gasteiger partial charge in [0.15, 0.2) is 0 Å². The van der Waals surface area contributed by atoms with Gasteiger partial charge in [0, 0.05) is 41.7 Å². The number of carbonyl (C=O) groups excluding carboxylic acids is 2. The summed E-state index contributed by atoms with van der Waals surface area (Å²) in [6.45, 7) is 7.17.